The average Bonchev–Trinajstić information content (AvgIpc) is 2.51. The number of likely N-dealkylation sites (tertiary alicyclic amines) is 1. The Morgan fingerprint density at radius 3 is 2.82 bits per heavy atom. The van der Waals surface area contributed by atoms with Gasteiger partial charge in [-0.1, -0.05) is 24.1 Å². The van der Waals surface area contributed by atoms with Crippen molar-refractivity contribution in [3.8, 4) is 17.6 Å². The van der Waals surface area contributed by atoms with Crippen molar-refractivity contribution in [3.05, 3.63) is 29.8 Å². The zero-order valence-electron chi connectivity index (χ0n) is 13.2. The van der Waals surface area contributed by atoms with E-state index in [1.807, 2.05) is 24.3 Å². The number of para-hydroxylation sites is 1. The van der Waals surface area contributed by atoms with Gasteiger partial charge < -0.3 is 15.0 Å². The third kappa shape index (κ3) is 2.95. The second kappa shape index (κ2) is 6.02. The minimum atomic E-state index is -0.215. The molecule has 1 spiro atoms. The molecule has 3 rings (SSSR count). The molecule has 0 radical (unpaired) electrons. The summed E-state index contributed by atoms with van der Waals surface area (Å²) >= 11 is 0. The van der Waals surface area contributed by atoms with E-state index in [-0.39, 0.29) is 17.6 Å². The highest BCUT2D eigenvalue weighted by atomic mass is 16.5. The van der Waals surface area contributed by atoms with E-state index >= 15 is 0 Å². The van der Waals surface area contributed by atoms with Crippen molar-refractivity contribution < 1.29 is 9.53 Å². The summed E-state index contributed by atoms with van der Waals surface area (Å²) in [6, 6.07) is 7.97. The monoisotopic (exact) mass is 298 g/mol. The van der Waals surface area contributed by atoms with Gasteiger partial charge in [0, 0.05) is 25.1 Å². The maximum atomic E-state index is 11.9. The van der Waals surface area contributed by atoms with Crippen LogP contribution in [0.3, 0.4) is 0 Å². The van der Waals surface area contributed by atoms with Crippen LogP contribution in [0.5, 0.6) is 5.75 Å². The number of benzene rings is 1. The van der Waals surface area contributed by atoms with Gasteiger partial charge in [0.1, 0.15) is 11.4 Å². The number of piperidine rings is 1. The maximum Gasteiger partial charge on any atom is 0.296 e. The topological polar surface area (TPSA) is 41.6 Å². The zero-order valence-corrected chi connectivity index (χ0v) is 13.2. The molecule has 1 fully saturated rings. The lowest BCUT2D eigenvalue weighted by Gasteiger charge is -2.46. The fourth-order valence-electron chi connectivity index (χ4n) is 3.39. The van der Waals surface area contributed by atoms with Crippen LogP contribution in [-0.2, 0) is 4.79 Å². The molecule has 0 bridgehead atoms. The first-order valence-electron chi connectivity index (χ1n) is 7.82. The fourth-order valence-corrected chi connectivity index (χ4v) is 3.39. The van der Waals surface area contributed by atoms with Gasteiger partial charge in [0.2, 0.25) is 0 Å². The number of hydrogen-bond donors (Lipinski definition) is 1. The number of carbonyl (C=O) groups is 1. The Hall–Kier alpha value is -1.99. The summed E-state index contributed by atoms with van der Waals surface area (Å²) in [5, 5.41) is 3.05. The Labute approximate surface area is 131 Å². The summed E-state index contributed by atoms with van der Waals surface area (Å²) < 4.78 is 6.37. The highest BCUT2D eigenvalue weighted by Gasteiger charge is 2.43. The first-order valence-corrected chi connectivity index (χ1v) is 7.82. The van der Waals surface area contributed by atoms with E-state index < -0.39 is 0 Å². The van der Waals surface area contributed by atoms with Crippen molar-refractivity contribution in [2.75, 3.05) is 20.1 Å². The fraction of sp³-hybridized carbons (Fsp3) is 0.500. The largest absolute Gasteiger partial charge is 0.487 e. The van der Waals surface area contributed by atoms with Crippen molar-refractivity contribution in [1.29, 1.82) is 0 Å². The van der Waals surface area contributed by atoms with Crippen molar-refractivity contribution in [3.63, 3.8) is 0 Å². The van der Waals surface area contributed by atoms with Gasteiger partial charge in [-0.05, 0) is 38.8 Å². The number of ether oxygens (including phenoxy) is 1. The van der Waals surface area contributed by atoms with Crippen LogP contribution in [0.4, 0.5) is 0 Å². The molecule has 0 aliphatic carbocycles. The number of nitrogens with one attached hydrogen (secondary N) is 1. The Morgan fingerprint density at radius 2 is 2.09 bits per heavy atom. The van der Waals surface area contributed by atoms with Gasteiger partial charge in [0.05, 0.1) is 6.04 Å². The first-order chi connectivity index (χ1) is 10.6. The molecule has 1 amide bonds. The molecule has 4 heteroatoms. The Balaban J connectivity index is 1.87. The highest BCUT2D eigenvalue weighted by molar-refractivity contribution is 5.93. The Kier molecular flexibility index (Phi) is 4.08. The molecule has 1 unspecified atom stereocenters. The molecule has 2 aliphatic heterocycles. The van der Waals surface area contributed by atoms with Gasteiger partial charge >= 0.3 is 0 Å². The molecule has 0 saturated carbocycles. The summed E-state index contributed by atoms with van der Waals surface area (Å²) in [5.74, 6) is 5.91. The number of carbonyl (C=O) groups excluding carboxylic acids is 1. The molecule has 4 nitrogen and oxygen atoms in total. The highest BCUT2D eigenvalue weighted by Crippen LogP contribution is 2.43. The zero-order chi connectivity index (χ0) is 15.6. The third-order valence-corrected chi connectivity index (χ3v) is 4.64. The van der Waals surface area contributed by atoms with Gasteiger partial charge in [-0.2, -0.15) is 0 Å². The quantitative estimate of drug-likeness (QED) is 0.808. The molecule has 1 saturated heterocycles. The second-order valence-electron chi connectivity index (χ2n) is 6.23. The average molecular weight is 298 g/mol. The second-order valence-corrected chi connectivity index (χ2v) is 6.23. The van der Waals surface area contributed by atoms with Crippen LogP contribution in [-0.4, -0.2) is 36.5 Å². The van der Waals surface area contributed by atoms with E-state index in [2.05, 4.69) is 29.1 Å². The summed E-state index contributed by atoms with van der Waals surface area (Å²) in [7, 11) is 2.14. The molecule has 1 N–H and O–H groups in total. The molecule has 2 aliphatic rings. The van der Waals surface area contributed by atoms with E-state index in [4.69, 9.17) is 4.74 Å². The van der Waals surface area contributed by atoms with Crippen LogP contribution in [0.2, 0.25) is 0 Å². The van der Waals surface area contributed by atoms with E-state index in [1.54, 1.807) is 6.92 Å². The van der Waals surface area contributed by atoms with Crippen LogP contribution < -0.4 is 10.1 Å². The van der Waals surface area contributed by atoms with Crippen molar-refractivity contribution in [1.82, 2.24) is 10.2 Å². The van der Waals surface area contributed by atoms with Crippen molar-refractivity contribution >= 4 is 5.91 Å². The molecule has 116 valence electrons. The minimum absolute atomic E-state index is 0.0262. The smallest absolute Gasteiger partial charge is 0.296 e. The number of rotatable bonds is 1. The van der Waals surface area contributed by atoms with E-state index in [1.165, 1.54) is 0 Å². The van der Waals surface area contributed by atoms with Gasteiger partial charge in [-0.25, -0.2) is 0 Å². The molecule has 1 aromatic rings. The van der Waals surface area contributed by atoms with E-state index in [9.17, 15) is 4.79 Å². The number of hydrogen-bond acceptors (Lipinski definition) is 3. The lowest BCUT2D eigenvalue weighted by Crippen LogP contribution is -2.51. The lowest BCUT2D eigenvalue weighted by atomic mass is 9.80. The molecular formula is C18H22N2O2. The minimum Gasteiger partial charge on any atom is -0.487 e. The van der Waals surface area contributed by atoms with Crippen LogP contribution in [0.25, 0.3) is 0 Å². The van der Waals surface area contributed by atoms with E-state index in [0.717, 1.165) is 43.7 Å². The van der Waals surface area contributed by atoms with Crippen LogP contribution in [0.1, 0.15) is 37.8 Å². The predicted octanol–water partition coefficient (Wildman–Crippen LogP) is 2.11. The first kappa shape index (κ1) is 14.9. The standard InChI is InChI=1S/C18H22N2O2/c1-3-6-17(21)19-15-13-18(9-11-20(2)12-10-18)22-16-8-5-4-7-14(15)16/h4-5,7-8,15H,9-13H2,1-2H3,(H,19,21). The number of amides is 1. The SMILES string of the molecule is CC#CC(=O)NC1CC2(CCN(C)CC2)Oc2ccccc21. The summed E-state index contributed by atoms with van der Waals surface area (Å²) in [5.41, 5.74) is 0.886. The Bertz CT molecular complexity index is 621. The summed E-state index contributed by atoms with van der Waals surface area (Å²) in [6.45, 7) is 3.73. The predicted molar refractivity (Wildman–Crippen MR) is 85.5 cm³/mol. The van der Waals surface area contributed by atoms with Gasteiger partial charge in [-0.3, -0.25) is 4.79 Å². The van der Waals surface area contributed by atoms with Crippen LogP contribution in [0.15, 0.2) is 24.3 Å². The van der Waals surface area contributed by atoms with E-state index in [0.29, 0.717) is 0 Å². The molecule has 1 atom stereocenters. The van der Waals surface area contributed by atoms with Crippen molar-refractivity contribution in [2.45, 2.75) is 37.8 Å². The molecular weight excluding hydrogens is 276 g/mol. The lowest BCUT2D eigenvalue weighted by molar-refractivity contribution is -0.117. The normalized spacial score (nSPS) is 22.9. The van der Waals surface area contributed by atoms with Gasteiger partial charge in [0.15, 0.2) is 0 Å². The summed E-state index contributed by atoms with van der Waals surface area (Å²) in [4.78, 5) is 14.2. The van der Waals surface area contributed by atoms with Crippen molar-refractivity contribution in [2.24, 2.45) is 0 Å². The maximum absolute atomic E-state index is 11.9. The number of nitrogens with zero attached hydrogens (tertiary/aromatic N) is 1. The van der Waals surface area contributed by atoms with Gasteiger partial charge in [-0.15, -0.1) is 0 Å². The van der Waals surface area contributed by atoms with Gasteiger partial charge in [0.25, 0.3) is 5.91 Å². The number of fused-ring (bicyclic) bond motifs is 1. The molecule has 0 aromatic heterocycles. The third-order valence-electron chi connectivity index (χ3n) is 4.64. The van der Waals surface area contributed by atoms with Crippen LogP contribution in [0, 0.1) is 11.8 Å². The Morgan fingerprint density at radius 1 is 1.36 bits per heavy atom. The van der Waals surface area contributed by atoms with Crippen LogP contribution >= 0.6 is 0 Å². The molecule has 2 heterocycles. The summed E-state index contributed by atoms with van der Waals surface area (Å²) in [6.07, 6.45) is 2.79. The molecule has 22 heavy (non-hydrogen) atoms. The molecule has 1 aromatic carbocycles.